The summed E-state index contributed by atoms with van der Waals surface area (Å²) in [6.45, 7) is 3.51. The molecular formula is C14H24BBr. The van der Waals surface area contributed by atoms with Crippen molar-refractivity contribution >= 4 is 22.6 Å². The van der Waals surface area contributed by atoms with Gasteiger partial charge >= 0.3 is 0 Å². The molecule has 2 aliphatic heterocycles. The highest BCUT2D eigenvalue weighted by molar-refractivity contribution is 9.10. The quantitative estimate of drug-likeness (QED) is 0.465. The first-order chi connectivity index (χ1) is 7.72. The zero-order valence-corrected chi connectivity index (χ0v) is 12.1. The molecule has 3 rings (SSSR count). The Morgan fingerprint density at radius 1 is 0.938 bits per heavy atom. The molecular weight excluding hydrogens is 259 g/mol. The lowest BCUT2D eigenvalue weighted by Crippen LogP contribution is -2.51. The highest BCUT2D eigenvalue weighted by Crippen LogP contribution is 2.57. The van der Waals surface area contributed by atoms with Crippen molar-refractivity contribution in [3.8, 4) is 0 Å². The summed E-state index contributed by atoms with van der Waals surface area (Å²) in [5.41, 5.74) is 0. The maximum atomic E-state index is 4.23. The molecule has 0 spiro atoms. The van der Waals surface area contributed by atoms with Gasteiger partial charge in [-0.2, -0.15) is 0 Å². The summed E-state index contributed by atoms with van der Waals surface area (Å²) in [5.74, 6) is 3.04. The van der Waals surface area contributed by atoms with Crippen molar-refractivity contribution in [1.29, 1.82) is 0 Å². The first-order valence-corrected chi connectivity index (χ1v) is 8.20. The zero-order chi connectivity index (χ0) is 11.2. The van der Waals surface area contributed by atoms with E-state index in [4.69, 9.17) is 0 Å². The molecule has 0 aromatic heterocycles. The molecule has 1 saturated carbocycles. The van der Waals surface area contributed by atoms with Crippen LogP contribution in [0.2, 0.25) is 11.6 Å². The van der Waals surface area contributed by atoms with E-state index in [1.807, 2.05) is 0 Å². The van der Waals surface area contributed by atoms with Crippen LogP contribution in [0.4, 0.5) is 0 Å². The van der Waals surface area contributed by atoms with Gasteiger partial charge in [-0.15, -0.1) is 0 Å². The summed E-state index contributed by atoms with van der Waals surface area (Å²) in [4.78, 5) is 0. The van der Waals surface area contributed by atoms with Crippen molar-refractivity contribution in [3.05, 3.63) is 0 Å². The maximum absolute atomic E-state index is 4.23. The predicted molar refractivity (Wildman–Crippen MR) is 75.6 cm³/mol. The van der Waals surface area contributed by atoms with Gasteiger partial charge in [-0.05, 0) is 12.3 Å². The highest BCUT2D eigenvalue weighted by Gasteiger charge is 2.54. The van der Waals surface area contributed by atoms with E-state index in [0.717, 1.165) is 24.3 Å². The summed E-state index contributed by atoms with van der Waals surface area (Å²) >= 11 is 4.23. The molecule has 2 atom stereocenters. The van der Waals surface area contributed by atoms with E-state index in [9.17, 15) is 0 Å². The van der Waals surface area contributed by atoms with Crippen LogP contribution in [-0.2, 0) is 0 Å². The normalized spacial score (nSPS) is 48.4. The van der Waals surface area contributed by atoms with Crippen molar-refractivity contribution in [2.75, 3.05) is 0 Å². The number of alkyl halides is 1. The van der Waals surface area contributed by atoms with Crippen molar-refractivity contribution in [2.45, 2.75) is 80.6 Å². The van der Waals surface area contributed by atoms with E-state index >= 15 is 0 Å². The monoisotopic (exact) mass is 282 g/mol. The van der Waals surface area contributed by atoms with E-state index in [1.54, 1.807) is 0 Å². The van der Waals surface area contributed by atoms with Crippen molar-refractivity contribution in [3.63, 3.8) is 0 Å². The molecule has 0 nitrogen and oxygen atoms in total. The van der Waals surface area contributed by atoms with Gasteiger partial charge in [0.1, 0.15) is 0 Å². The van der Waals surface area contributed by atoms with Gasteiger partial charge in [0, 0.05) is 4.22 Å². The van der Waals surface area contributed by atoms with Gasteiger partial charge in [0.25, 0.3) is 0 Å². The lowest BCUT2D eigenvalue weighted by molar-refractivity contribution is 0.420. The summed E-state index contributed by atoms with van der Waals surface area (Å²) in [5, 5.41) is 0. The molecule has 2 bridgehead atoms. The summed E-state index contributed by atoms with van der Waals surface area (Å²) in [6.07, 6.45) is 13.5. The number of rotatable bonds is 1. The summed E-state index contributed by atoms with van der Waals surface area (Å²) < 4.78 is 0.531. The third-order valence-electron chi connectivity index (χ3n) is 5.89. The SMILES string of the molecule is CC1CCCC1(Br)B1C2CCCC1CCC2. The summed E-state index contributed by atoms with van der Waals surface area (Å²) in [7, 11) is 0. The Morgan fingerprint density at radius 2 is 1.50 bits per heavy atom. The molecule has 0 radical (unpaired) electrons. The molecule has 0 aromatic rings. The minimum atomic E-state index is 0.531. The Bertz CT molecular complexity index is 245. The lowest BCUT2D eigenvalue weighted by atomic mass is 9.21. The Balaban J connectivity index is 1.86. The third-order valence-corrected chi connectivity index (χ3v) is 7.59. The van der Waals surface area contributed by atoms with Crippen molar-refractivity contribution < 1.29 is 0 Å². The Hall–Kier alpha value is 0.545. The first-order valence-electron chi connectivity index (χ1n) is 7.41. The smallest absolute Gasteiger partial charge is 0.0941 e. The molecule has 2 unspecified atom stereocenters. The largest absolute Gasteiger partial charge is 0.166 e. The van der Waals surface area contributed by atoms with Crippen molar-refractivity contribution in [2.24, 2.45) is 5.92 Å². The Labute approximate surface area is 109 Å². The minimum Gasteiger partial charge on any atom is -0.0941 e. The zero-order valence-electron chi connectivity index (χ0n) is 10.6. The van der Waals surface area contributed by atoms with Crippen LogP contribution in [0.25, 0.3) is 0 Å². The fourth-order valence-electron chi connectivity index (χ4n) is 5.12. The molecule has 3 fully saturated rings. The van der Waals surface area contributed by atoms with Gasteiger partial charge in [-0.25, -0.2) is 0 Å². The van der Waals surface area contributed by atoms with Gasteiger partial charge in [-0.1, -0.05) is 85.9 Å². The molecule has 3 aliphatic rings. The van der Waals surface area contributed by atoms with Crippen LogP contribution in [0.3, 0.4) is 0 Å². The van der Waals surface area contributed by atoms with Gasteiger partial charge in [-0.3, -0.25) is 0 Å². The molecule has 16 heavy (non-hydrogen) atoms. The lowest BCUT2D eigenvalue weighted by Gasteiger charge is -2.49. The molecule has 0 aromatic carbocycles. The van der Waals surface area contributed by atoms with Crippen LogP contribution >= 0.6 is 15.9 Å². The van der Waals surface area contributed by atoms with E-state index in [2.05, 4.69) is 22.9 Å². The standard InChI is InChI=1S/C14H24BBr/c1-11-5-4-10-14(11,16)15-12-6-2-7-13(15)9-3-8-12/h11-13H,2-10H2,1H3. The van der Waals surface area contributed by atoms with Crippen molar-refractivity contribution in [1.82, 2.24) is 0 Å². The average Bonchev–Trinajstić information content (AvgIpc) is 2.59. The minimum absolute atomic E-state index is 0.531. The molecule has 0 amide bonds. The predicted octanol–water partition coefficient (Wildman–Crippen LogP) is 5.08. The molecule has 0 N–H and O–H groups in total. The fourth-order valence-corrected chi connectivity index (χ4v) is 6.38. The molecule has 2 heteroatoms. The van der Waals surface area contributed by atoms with Gasteiger partial charge < -0.3 is 0 Å². The molecule has 1 aliphatic carbocycles. The number of halogens is 1. The number of hydrogen-bond acceptors (Lipinski definition) is 0. The van der Waals surface area contributed by atoms with Crippen LogP contribution in [0, 0.1) is 5.92 Å². The van der Waals surface area contributed by atoms with E-state index < -0.39 is 0 Å². The maximum Gasteiger partial charge on any atom is 0.166 e. The Morgan fingerprint density at radius 3 is 1.94 bits per heavy atom. The van der Waals surface area contributed by atoms with E-state index in [-0.39, 0.29) is 0 Å². The second-order valence-electron chi connectivity index (χ2n) is 6.63. The van der Waals surface area contributed by atoms with Gasteiger partial charge in [0.15, 0.2) is 6.71 Å². The van der Waals surface area contributed by atoms with Crippen LogP contribution in [0.15, 0.2) is 0 Å². The fraction of sp³-hybridized carbons (Fsp3) is 1.00. The van der Waals surface area contributed by atoms with E-state index in [1.165, 1.54) is 57.8 Å². The highest BCUT2D eigenvalue weighted by atomic mass is 79.9. The van der Waals surface area contributed by atoms with Gasteiger partial charge in [0.2, 0.25) is 0 Å². The number of fused-ring (bicyclic) bond motifs is 2. The van der Waals surface area contributed by atoms with Crippen LogP contribution in [-0.4, -0.2) is 10.9 Å². The first kappa shape index (κ1) is 11.6. The number of hydrogen-bond donors (Lipinski definition) is 0. The van der Waals surface area contributed by atoms with Gasteiger partial charge in [0.05, 0.1) is 0 Å². The summed E-state index contributed by atoms with van der Waals surface area (Å²) in [6, 6.07) is 0. The Kier molecular flexibility index (Phi) is 3.15. The van der Waals surface area contributed by atoms with Crippen LogP contribution < -0.4 is 0 Å². The van der Waals surface area contributed by atoms with E-state index in [0.29, 0.717) is 4.22 Å². The van der Waals surface area contributed by atoms with Crippen LogP contribution in [0.5, 0.6) is 0 Å². The molecule has 2 saturated heterocycles. The second-order valence-corrected chi connectivity index (χ2v) is 8.10. The molecule has 90 valence electrons. The molecule has 2 heterocycles. The topological polar surface area (TPSA) is 0 Å². The third kappa shape index (κ3) is 1.71. The second kappa shape index (κ2) is 4.33. The van der Waals surface area contributed by atoms with Crippen LogP contribution in [0.1, 0.15) is 64.7 Å². The average molecular weight is 283 g/mol.